The van der Waals surface area contributed by atoms with Gasteiger partial charge in [-0.15, -0.1) is 0 Å². The molecule has 29 heavy (non-hydrogen) atoms. The highest BCUT2D eigenvalue weighted by Crippen LogP contribution is 2.19. The number of aromatic nitrogens is 3. The number of carbonyl (C=O) groups excluding carboxylic acids is 1. The van der Waals surface area contributed by atoms with Crippen LogP contribution in [0.2, 0.25) is 0 Å². The molecule has 1 aromatic carbocycles. The number of carbonyl (C=O) groups is 1. The van der Waals surface area contributed by atoms with E-state index in [1.165, 1.54) is 15.6 Å². The first-order chi connectivity index (χ1) is 13.6. The largest absolute Gasteiger partial charge is 0.444 e. The van der Waals surface area contributed by atoms with Crippen LogP contribution in [-0.2, 0) is 11.3 Å². The van der Waals surface area contributed by atoms with Gasteiger partial charge in [0.05, 0.1) is 18.3 Å². The number of anilines is 1. The van der Waals surface area contributed by atoms with Crippen molar-refractivity contribution in [1.82, 2.24) is 19.2 Å². The van der Waals surface area contributed by atoms with Gasteiger partial charge in [0.1, 0.15) is 11.9 Å². The molecule has 1 saturated heterocycles. The topological polar surface area (TPSA) is 92.8 Å². The molecule has 1 atom stereocenters. The van der Waals surface area contributed by atoms with Crippen molar-refractivity contribution in [2.45, 2.75) is 45.9 Å². The van der Waals surface area contributed by atoms with Crippen LogP contribution in [0.15, 0.2) is 35.4 Å². The van der Waals surface area contributed by atoms with Gasteiger partial charge in [0, 0.05) is 31.9 Å². The highest BCUT2D eigenvalue weighted by molar-refractivity contribution is 5.68. The van der Waals surface area contributed by atoms with E-state index in [1.54, 1.807) is 11.8 Å². The second-order valence-electron chi connectivity index (χ2n) is 8.29. The summed E-state index contributed by atoms with van der Waals surface area (Å²) in [4.78, 5) is 28.5. The Morgan fingerprint density at radius 1 is 1.14 bits per heavy atom. The average Bonchev–Trinajstić information content (AvgIpc) is 3.00. The van der Waals surface area contributed by atoms with Gasteiger partial charge in [-0.2, -0.15) is 5.10 Å². The highest BCUT2D eigenvalue weighted by Gasteiger charge is 2.26. The molecule has 9 heteroatoms. The summed E-state index contributed by atoms with van der Waals surface area (Å²) in [6, 6.07) is 7.64. The van der Waals surface area contributed by atoms with Gasteiger partial charge in [0.15, 0.2) is 0 Å². The maximum atomic E-state index is 12.4. The predicted molar refractivity (Wildman–Crippen MR) is 110 cm³/mol. The van der Waals surface area contributed by atoms with E-state index >= 15 is 0 Å². The summed E-state index contributed by atoms with van der Waals surface area (Å²) < 4.78 is 8.13. The molecule has 1 N–H and O–H groups in total. The fraction of sp³-hybridized carbons (Fsp3) is 0.550. The number of hydrogen-bond acceptors (Lipinski definition) is 6. The van der Waals surface area contributed by atoms with Gasteiger partial charge in [-0.1, -0.05) is 0 Å². The van der Waals surface area contributed by atoms with E-state index < -0.39 is 11.7 Å². The Labute approximate surface area is 170 Å². The van der Waals surface area contributed by atoms with Gasteiger partial charge >= 0.3 is 11.8 Å². The van der Waals surface area contributed by atoms with Crippen molar-refractivity contribution in [2.24, 2.45) is 0 Å². The van der Waals surface area contributed by atoms with Crippen LogP contribution in [0, 0.1) is 0 Å². The average molecular weight is 403 g/mol. The van der Waals surface area contributed by atoms with Crippen LogP contribution in [0.25, 0.3) is 5.69 Å². The number of benzene rings is 1. The number of aliphatic hydroxyl groups excluding tert-OH is 1. The summed E-state index contributed by atoms with van der Waals surface area (Å²) >= 11 is 0. The van der Waals surface area contributed by atoms with Gasteiger partial charge in [-0.25, -0.2) is 18.8 Å². The van der Waals surface area contributed by atoms with E-state index in [4.69, 9.17) is 4.74 Å². The van der Waals surface area contributed by atoms with Crippen LogP contribution in [0.5, 0.6) is 0 Å². The lowest BCUT2D eigenvalue weighted by molar-refractivity contribution is 0.0240. The van der Waals surface area contributed by atoms with Gasteiger partial charge in [0.2, 0.25) is 0 Å². The van der Waals surface area contributed by atoms with Crippen molar-refractivity contribution >= 4 is 11.8 Å². The van der Waals surface area contributed by atoms with E-state index in [2.05, 4.69) is 10.00 Å². The third-order valence-corrected chi connectivity index (χ3v) is 4.59. The van der Waals surface area contributed by atoms with Crippen LogP contribution < -0.4 is 10.6 Å². The summed E-state index contributed by atoms with van der Waals surface area (Å²) in [6.07, 6.45) is 0.540. The Kier molecular flexibility index (Phi) is 5.97. The molecule has 3 rings (SSSR count). The van der Waals surface area contributed by atoms with E-state index in [9.17, 15) is 14.7 Å². The fourth-order valence-corrected chi connectivity index (χ4v) is 3.19. The Morgan fingerprint density at radius 2 is 1.72 bits per heavy atom. The SMILES string of the molecule is CC(O)Cn1ncn(-c2ccc(N3CCN(C(=O)OC(C)(C)C)CC3)cc2)c1=O. The van der Waals surface area contributed by atoms with Gasteiger partial charge in [-0.3, -0.25) is 0 Å². The van der Waals surface area contributed by atoms with Crippen molar-refractivity contribution in [3.8, 4) is 5.69 Å². The van der Waals surface area contributed by atoms with Crippen molar-refractivity contribution < 1.29 is 14.6 Å². The van der Waals surface area contributed by atoms with Gasteiger partial charge in [0.25, 0.3) is 0 Å². The molecule has 2 heterocycles. The number of piperazine rings is 1. The standard InChI is InChI=1S/C20H29N5O4/c1-15(26)13-25-18(27)24(14-21-25)17-7-5-16(6-8-17)22-9-11-23(12-10-22)19(28)29-20(2,3)4/h5-8,14-15,26H,9-13H2,1-4H3. The molecule has 158 valence electrons. The van der Waals surface area contributed by atoms with Crippen LogP contribution in [0.1, 0.15) is 27.7 Å². The molecule has 1 unspecified atom stereocenters. The van der Waals surface area contributed by atoms with Crippen LogP contribution >= 0.6 is 0 Å². The van der Waals surface area contributed by atoms with Crippen molar-refractivity contribution in [3.63, 3.8) is 0 Å². The third-order valence-electron chi connectivity index (χ3n) is 4.59. The number of hydrogen-bond donors (Lipinski definition) is 1. The summed E-state index contributed by atoms with van der Waals surface area (Å²) in [5.41, 5.74) is 0.958. The second-order valence-corrected chi connectivity index (χ2v) is 8.29. The molecule has 1 aliphatic rings. The van der Waals surface area contributed by atoms with Gasteiger partial charge in [-0.05, 0) is 52.0 Å². The van der Waals surface area contributed by atoms with E-state index in [0.29, 0.717) is 31.9 Å². The molecule has 0 bridgehead atoms. The lowest BCUT2D eigenvalue weighted by Gasteiger charge is -2.36. The lowest BCUT2D eigenvalue weighted by atomic mass is 10.2. The molecule has 1 aliphatic heterocycles. The minimum atomic E-state index is -0.641. The minimum absolute atomic E-state index is 0.159. The number of ether oxygens (including phenoxy) is 1. The van der Waals surface area contributed by atoms with Crippen LogP contribution in [-0.4, -0.2) is 68.3 Å². The van der Waals surface area contributed by atoms with Crippen molar-refractivity contribution in [2.75, 3.05) is 31.1 Å². The van der Waals surface area contributed by atoms with Crippen molar-refractivity contribution in [1.29, 1.82) is 0 Å². The summed E-state index contributed by atoms with van der Waals surface area (Å²) in [5.74, 6) is 0. The molecule has 2 aromatic rings. The molecule has 1 amide bonds. The second kappa shape index (κ2) is 8.28. The summed E-state index contributed by atoms with van der Waals surface area (Å²) in [7, 11) is 0. The normalized spacial score (nSPS) is 16.0. The zero-order valence-corrected chi connectivity index (χ0v) is 17.4. The molecular formula is C20H29N5O4. The Balaban J connectivity index is 1.63. The lowest BCUT2D eigenvalue weighted by Crippen LogP contribution is -2.50. The molecule has 1 aromatic heterocycles. The first kappa shape index (κ1) is 20.9. The molecule has 0 saturated carbocycles. The molecule has 0 spiro atoms. The zero-order chi connectivity index (χ0) is 21.2. The van der Waals surface area contributed by atoms with Crippen molar-refractivity contribution in [3.05, 3.63) is 41.1 Å². The molecular weight excluding hydrogens is 374 g/mol. The Bertz CT molecular complexity index is 887. The molecule has 0 aliphatic carbocycles. The number of aliphatic hydroxyl groups is 1. The van der Waals surface area contributed by atoms with E-state index in [0.717, 1.165) is 5.69 Å². The summed E-state index contributed by atoms with van der Waals surface area (Å²) in [5, 5.41) is 13.5. The quantitative estimate of drug-likeness (QED) is 0.831. The smallest absolute Gasteiger partial charge is 0.410 e. The first-order valence-electron chi connectivity index (χ1n) is 9.80. The monoisotopic (exact) mass is 403 g/mol. The first-order valence-corrected chi connectivity index (χ1v) is 9.80. The zero-order valence-electron chi connectivity index (χ0n) is 17.4. The molecule has 0 radical (unpaired) electrons. The fourth-order valence-electron chi connectivity index (χ4n) is 3.19. The Morgan fingerprint density at radius 3 is 2.28 bits per heavy atom. The third kappa shape index (κ3) is 5.17. The predicted octanol–water partition coefficient (Wildman–Crippen LogP) is 1.47. The van der Waals surface area contributed by atoms with E-state index in [-0.39, 0.29) is 18.3 Å². The highest BCUT2D eigenvalue weighted by atomic mass is 16.6. The molecule has 1 fully saturated rings. The maximum Gasteiger partial charge on any atom is 0.410 e. The van der Waals surface area contributed by atoms with Crippen LogP contribution in [0.4, 0.5) is 10.5 Å². The van der Waals surface area contributed by atoms with E-state index in [1.807, 2.05) is 45.0 Å². The Hall–Kier alpha value is -2.81. The molecule has 9 nitrogen and oxygen atoms in total. The summed E-state index contributed by atoms with van der Waals surface area (Å²) in [6.45, 7) is 9.99. The maximum absolute atomic E-state index is 12.4. The number of amides is 1. The van der Waals surface area contributed by atoms with Gasteiger partial charge < -0.3 is 19.6 Å². The number of rotatable bonds is 4. The number of nitrogens with zero attached hydrogens (tertiary/aromatic N) is 5. The minimum Gasteiger partial charge on any atom is -0.444 e. The van der Waals surface area contributed by atoms with Crippen LogP contribution in [0.3, 0.4) is 0 Å².